The maximum atomic E-state index is 9.29. The summed E-state index contributed by atoms with van der Waals surface area (Å²) in [6.45, 7) is 10.4. The number of rotatable bonds is 8. The molecule has 2 unspecified atom stereocenters. The molecule has 1 fully saturated rings. The number of likely N-dealkylation sites (N-methyl/N-ethyl adjacent to an activating group) is 1. The molecule has 1 aliphatic heterocycles. The molecular formula is C21H36N2O. The predicted molar refractivity (Wildman–Crippen MR) is 102 cm³/mol. The van der Waals surface area contributed by atoms with Gasteiger partial charge in [0.2, 0.25) is 0 Å². The van der Waals surface area contributed by atoms with E-state index in [2.05, 4.69) is 61.9 Å². The minimum Gasteiger partial charge on any atom is -0.396 e. The minimum atomic E-state index is 0.280. The summed E-state index contributed by atoms with van der Waals surface area (Å²) in [5.74, 6) is 0.811. The van der Waals surface area contributed by atoms with Crippen LogP contribution in [0.2, 0.25) is 0 Å². The second-order valence-corrected chi connectivity index (χ2v) is 7.76. The molecular weight excluding hydrogens is 296 g/mol. The Morgan fingerprint density at radius 1 is 1.25 bits per heavy atom. The van der Waals surface area contributed by atoms with Crippen LogP contribution >= 0.6 is 0 Å². The average molecular weight is 333 g/mol. The molecule has 2 rings (SSSR count). The van der Waals surface area contributed by atoms with Crippen LogP contribution in [0.25, 0.3) is 0 Å². The second-order valence-electron chi connectivity index (χ2n) is 7.76. The number of nitrogens with zero attached hydrogens (tertiary/aromatic N) is 2. The number of piperazine rings is 1. The van der Waals surface area contributed by atoms with Crippen molar-refractivity contribution in [2.24, 2.45) is 5.92 Å². The lowest BCUT2D eigenvalue weighted by Gasteiger charge is -2.43. The Morgan fingerprint density at radius 3 is 2.71 bits per heavy atom. The number of aliphatic hydroxyl groups is 1. The molecule has 24 heavy (non-hydrogen) atoms. The Hall–Kier alpha value is -0.900. The third-order valence-corrected chi connectivity index (χ3v) is 5.71. The Labute approximate surface area is 148 Å². The fourth-order valence-corrected chi connectivity index (χ4v) is 3.69. The fraction of sp³-hybridized carbons (Fsp3) is 0.714. The molecule has 1 N–H and O–H groups in total. The monoisotopic (exact) mass is 332 g/mol. The highest BCUT2D eigenvalue weighted by Gasteiger charge is 2.28. The summed E-state index contributed by atoms with van der Waals surface area (Å²) >= 11 is 0. The second kappa shape index (κ2) is 9.55. The van der Waals surface area contributed by atoms with Crippen LogP contribution in [0.5, 0.6) is 0 Å². The first kappa shape index (κ1) is 19.4. The van der Waals surface area contributed by atoms with Crippen LogP contribution in [0.15, 0.2) is 24.3 Å². The zero-order valence-electron chi connectivity index (χ0n) is 16.0. The van der Waals surface area contributed by atoms with E-state index >= 15 is 0 Å². The summed E-state index contributed by atoms with van der Waals surface area (Å²) in [5.41, 5.74) is 2.90. The molecule has 1 aromatic carbocycles. The summed E-state index contributed by atoms with van der Waals surface area (Å²) in [6, 6.07) is 10.2. The third-order valence-electron chi connectivity index (χ3n) is 5.71. The summed E-state index contributed by atoms with van der Waals surface area (Å²) in [6.07, 6.45) is 4.61. The highest BCUT2D eigenvalue weighted by atomic mass is 16.3. The van der Waals surface area contributed by atoms with Crippen LogP contribution < -0.4 is 0 Å². The standard InChI is InChI=1S/C21H36N2O/c1-5-17(2)9-10-19-7-6-8-20(13-19)15-23-16-21(11-12-24)22(4)14-18(23)3/h6-8,13,17-18,21,24H,5,9-12,14-16H2,1-4H3/t17?,18-,21?/m0/s1. The topological polar surface area (TPSA) is 26.7 Å². The van der Waals surface area contributed by atoms with E-state index in [1.54, 1.807) is 0 Å². The van der Waals surface area contributed by atoms with Crippen LogP contribution in [0, 0.1) is 5.92 Å². The molecule has 1 heterocycles. The maximum absolute atomic E-state index is 9.29. The normalized spacial score (nSPS) is 24.2. The maximum Gasteiger partial charge on any atom is 0.0446 e. The number of benzene rings is 1. The highest BCUT2D eigenvalue weighted by molar-refractivity contribution is 5.23. The van der Waals surface area contributed by atoms with E-state index in [0.29, 0.717) is 12.1 Å². The van der Waals surface area contributed by atoms with Crippen LogP contribution in [0.4, 0.5) is 0 Å². The Bertz CT molecular complexity index is 490. The lowest BCUT2D eigenvalue weighted by atomic mass is 9.97. The van der Waals surface area contributed by atoms with Crippen molar-refractivity contribution in [2.45, 2.75) is 65.1 Å². The first-order valence-corrected chi connectivity index (χ1v) is 9.66. The molecule has 0 spiro atoms. The van der Waals surface area contributed by atoms with Gasteiger partial charge in [-0.3, -0.25) is 4.90 Å². The Morgan fingerprint density at radius 2 is 2.00 bits per heavy atom. The lowest BCUT2D eigenvalue weighted by Crippen LogP contribution is -2.55. The molecule has 3 nitrogen and oxygen atoms in total. The highest BCUT2D eigenvalue weighted by Crippen LogP contribution is 2.20. The van der Waals surface area contributed by atoms with E-state index in [0.717, 1.165) is 32.0 Å². The first-order chi connectivity index (χ1) is 11.5. The van der Waals surface area contributed by atoms with Crippen molar-refractivity contribution in [3.05, 3.63) is 35.4 Å². The smallest absolute Gasteiger partial charge is 0.0446 e. The molecule has 0 saturated carbocycles. The largest absolute Gasteiger partial charge is 0.396 e. The van der Waals surface area contributed by atoms with Crippen molar-refractivity contribution in [1.29, 1.82) is 0 Å². The van der Waals surface area contributed by atoms with Gasteiger partial charge in [-0.25, -0.2) is 0 Å². The van der Waals surface area contributed by atoms with Crippen molar-refractivity contribution in [1.82, 2.24) is 9.80 Å². The van der Waals surface area contributed by atoms with Gasteiger partial charge in [0, 0.05) is 38.3 Å². The van der Waals surface area contributed by atoms with Gasteiger partial charge in [-0.05, 0) is 50.3 Å². The SMILES string of the molecule is CCC(C)CCc1cccc(CN2CC(CCO)N(C)C[C@@H]2C)c1. The third kappa shape index (κ3) is 5.58. The van der Waals surface area contributed by atoms with E-state index in [1.807, 2.05) is 0 Å². The van der Waals surface area contributed by atoms with E-state index in [1.165, 1.54) is 30.4 Å². The number of hydrogen-bond donors (Lipinski definition) is 1. The van der Waals surface area contributed by atoms with Crippen molar-refractivity contribution < 1.29 is 5.11 Å². The van der Waals surface area contributed by atoms with E-state index in [9.17, 15) is 5.11 Å². The van der Waals surface area contributed by atoms with Crippen LogP contribution in [0.3, 0.4) is 0 Å². The zero-order chi connectivity index (χ0) is 17.5. The van der Waals surface area contributed by atoms with Gasteiger partial charge >= 0.3 is 0 Å². The first-order valence-electron chi connectivity index (χ1n) is 9.66. The van der Waals surface area contributed by atoms with Gasteiger partial charge in [0.15, 0.2) is 0 Å². The van der Waals surface area contributed by atoms with E-state index in [4.69, 9.17) is 0 Å². The summed E-state index contributed by atoms with van der Waals surface area (Å²) in [5, 5.41) is 9.29. The quantitative estimate of drug-likeness (QED) is 0.788. The van der Waals surface area contributed by atoms with E-state index < -0.39 is 0 Å². The molecule has 0 amide bonds. The van der Waals surface area contributed by atoms with Crippen LogP contribution in [0.1, 0.15) is 51.2 Å². The van der Waals surface area contributed by atoms with Gasteiger partial charge in [-0.15, -0.1) is 0 Å². The van der Waals surface area contributed by atoms with Crippen molar-refractivity contribution in [2.75, 3.05) is 26.7 Å². The molecule has 0 radical (unpaired) electrons. The molecule has 1 aromatic rings. The molecule has 3 heteroatoms. The average Bonchev–Trinajstić information content (AvgIpc) is 2.57. The molecule has 1 aliphatic rings. The summed E-state index contributed by atoms with van der Waals surface area (Å²) in [4.78, 5) is 4.98. The Balaban J connectivity index is 1.96. The minimum absolute atomic E-state index is 0.280. The Kier molecular flexibility index (Phi) is 7.73. The number of aryl methyl sites for hydroxylation is 1. The van der Waals surface area contributed by atoms with E-state index in [-0.39, 0.29) is 6.61 Å². The van der Waals surface area contributed by atoms with Crippen molar-refractivity contribution >= 4 is 0 Å². The predicted octanol–water partition coefficient (Wildman–Crippen LogP) is 3.55. The summed E-state index contributed by atoms with van der Waals surface area (Å²) < 4.78 is 0. The zero-order valence-corrected chi connectivity index (χ0v) is 16.0. The molecule has 3 atom stereocenters. The molecule has 0 aliphatic carbocycles. The molecule has 1 saturated heterocycles. The van der Waals surface area contributed by atoms with Gasteiger partial charge in [-0.2, -0.15) is 0 Å². The lowest BCUT2D eigenvalue weighted by molar-refractivity contribution is 0.0359. The summed E-state index contributed by atoms with van der Waals surface area (Å²) in [7, 11) is 2.18. The number of hydrogen-bond acceptors (Lipinski definition) is 3. The molecule has 0 bridgehead atoms. The van der Waals surface area contributed by atoms with Crippen LogP contribution in [-0.4, -0.2) is 53.7 Å². The van der Waals surface area contributed by atoms with Crippen molar-refractivity contribution in [3.8, 4) is 0 Å². The van der Waals surface area contributed by atoms with Gasteiger partial charge in [0.25, 0.3) is 0 Å². The number of aliphatic hydroxyl groups excluding tert-OH is 1. The molecule has 0 aromatic heterocycles. The van der Waals surface area contributed by atoms with Crippen LogP contribution in [-0.2, 0) is 13.0 Å². The van der Waals surface area contributed by atoms with Crippen molar-refractivity contribution in [3.63, 3.8) is 0 Å². The van der Waals surface area contributed by atoms with Gasteiger partial charge in [-0.1, -0.05) is 44.5 Å². The van der Waals surface area contributed by atoms with Gasteiger partial charge < -0.3 is 10.0 Å². The fourth-order valence-electron chi connectivity index (χ4n) is 3.69. The molecule has 136 valence electrons. The van der Waals surface area contributed by atoms with Gasteiger partial charge in [0.1, 0.15) is 0 Å². The van der Waals surface area contributed by atoms with Gasteiger partial charge in [0.05, 0.1) is 0 Å².